The number of anilines is 2. The molecule has 2 aromatic rings. The number of nitrogens with one attached hydrogen (secondary N) is 1. The van der Waals surface area contributed by atoms with E-state index in [2.05, 4.69) is 5.32 Å². The summed E-state index contributed by atoms with van der Waals surface area (Å²) in [6, 6.07) is 8.45. The maximum Gasteiger partial charge on any atom is 0.294 e. The zero-order valence-corrected chi connectivity index (χ0v) is 15.5. The number of hydrogen-bond acceptors (Lipinski definition) is 4. The minimum absolute atomic E-state index is 0.0276. The number of hydrogen-bond donors (Lipinski definition) is 1. The first-order valence-electron chi connectivity index (χ1n) is 8.69. The minimum atomic E-state index is -0.665. The number of nitro groups is 1. The number of carbonyl (C=O) groups is 1. The van der Waals surface area contributed by atoms with E-state index in [4.69, 9.17) is 11.6 Å². The molecule has 1 fully saturated rings. The van der Waals surface area contributed by atoms with E-state index in [1.54, 1.807) is 6.07 Å². The van der Waals surface area contributed by atoms with Gasteiger partial charge in [0, 0.05) is 18.7 Å². The van der Waals surface area contributed by atoms with Gasteiger partial charge in [-0.3, -0.25) is 14.9 Å². The number of halogens is 2. The fourth-order valence-corrected chi connectivity index (χ4v) is 3.52. The van der Waals surface area contributed by atoms with Gasteiger partial charge in [-0.15, -0.1) is 0 Å². The summed E-state index contributed by atoms with van der Waals surface area (Å²) in [4.78, 5) is 25.4. The van der Waals surface area contributed by atoms with Crippen molar-refractivity contribution in [3.8, 4) is 0 Å². The number of nitro benzene ring substituents is 1. The molecule has 0 radical (unpaired) electrons. The van der Waals surface area contributed by atoms with Crippen LogP contribution in [0, 0.1) is 15.9 Å². The van der Waals surface area contributed by atoms with Crippen LogP contribution in [0.25, 0.3) is 0 Å². The summed E-state index contributed by atoms with van der Waals surface area (Å²) in [6.45, 7) is 2.69. The quantitative estimate of drug-likeness (QED) is 0.586. The first-order valence-corrected chi connectivity index (χ1v) is 9.06. The maximum absolute atomic E-state index is 13.8. The van der Waals surface area contributed by atoms with E-state index in [0.29, 0.717) is 12.2 Å². The summed E-state index contributed by atoms with van der Waals surface area (Å²) in [5, 5.41) is 14.1. The first-order chi connectivity index (χ1) is 12.9. The van der Waals surface area contributed by atoms with Gasteiger partial charge in [0.05, 0.1) is 21.2 Å². The molecule has 1 heterocycles. The molecule has 1 aliphatic rings. The van der Waals surface area contributed by atoms with E-state index in [1.165, 1.54) is 30.3 Å². The van der Waals surface area contributed by atoms with E-state index < -0.39 is 16.6 Å². The van der Waals surface area contributed by atoms with Crippen LogP contribution in [0.4, 0.5) is 21.5 Å². The molecule has 2 aromatic carbocycles. The minimum Gasteiger partial charge on any atom is -0.363 e. The maximum atomic E-state index is 13.8. The van der Waals surface area contributed by atoms with Gasteiger partial charge >= 0.3 is 0 Å². The van der Waals surface area contributed by atoms with Crippen molar-refractivity contribution in [2.75, 3.05) is 16.8 Å². The molecule has 1 atom stereocenters. The highest BCUT2D eigenvalue weighted by Gasteiger charge is 2.27. The van der Waals surface area contributed by atoms with Gasteiger partial charge in [0.2, 0.25) is 0 Å². The lowest BCUT2D eigenvalue weighted by atomic mass is 10.0. The molecular weight excluding hydrogens is 373 g/mol. The largest absolute Gasteiger partial charge is 0.363 e. The molecule has 0 saturated carbocycles. The average Bonchev–Trinajstić information content (AvgIpc) is 2.63. The van der Waals surface area contributed by atoms with E-state index in [9.17, 15) is 19.3 Å². The highest BCUT2D eigenvalue weighted by atomic mass is 35.5. The zero-order chi connectivity index (χ0) is 19.6. The number of carbonyl (C=O) groups excluding carboxylic acids is 1. The zero-order valence-electron chi connectivity index (χ0n) is 14.7. The molecule has 0 bridgehead atoms. The van der Waals surface area contributed by atoms with Crippen LogP contribution in [0.3, 0.4) is 0 Å². The highest BCUT2D eigenvalue weighted by molar-refractivity contribution is 6.34. The van der Waals surface area contributed by atoms with Crippen LogP contribution < -0.4 is 10.2 Å². The van der Waals surface area contributed by atoms with Crippen molar-refractivity contribution in [1.29, 1.82) is 0 Å². The third-order valence-corrected chi connectivity index (χ3v) is 5.05. The van der Waals surface area contributed by atoms with Crippen LogP contribution in [0.15, 0.2) is 36.4 Å². The fraction of sp³-hybridized carbons (Fsp3) is 0.316. The smallest absolute Gasteiger partial charge is 0.294 e. The number of benzene rings is 2. The molecule has 1 amide bonds. The van der Waals surface area contributed by atoms with Crippen LogP contribution in [0.1, 0.15) is 36.5 Å². The van der Waals surface area contributed by atoms with Crippen LogP contribution >= 0.6 is 11.6 Å². The molecule has 0 aliphatic carbocycles. The third kappa shape index (κ3) is 4.03. The number of rotatable bonds is 4. The molecule has 6 nitrogen and oxygen atoms in total. The molecule has 3 rings (SSSR count). The summed E-state index contributed by atoms with van der Waals surface area (Å²) in [7, 11) is 0. The molecule has 0 spiro atoms. The van der Waals surface area contributed by atoms with Crippen molar-refractivity contribution >= 4 is 34.6 Å². The second-order valence-corrected chi connectivity index (χ2v) is 6.96. The summed E-state index contributed by atoms with van der Waals surface area (Å²) in [5.41, 5.74) is 0.376. The molecule has 1 unspecified atom stereocenters. The Morgan fingerprint density at radius 1 is 1.33 bits per heavy atom. The van der Waals surface area contributed by atoms with E-state index in [1.807, 2.05) is 11.8 Å². The van der Waals surface area contributed by atoms with E-state index in [-0.39, 0.29) is 28.0 Å². The van der Waals surface area contributed by atoms with E-state index in [0.717, 1.165) is 19.3 Å². The van der Waals surface area contributed by atoms with Crippen molar-refractivity contribution in [1.82, 2.24) is 0 Å². The Balaban J connectivity index is 1.98. The summed E-state index contributed by atoms with van der Waals surface area (Å²) in [5.74, 6) is -1.32. The predicted octanol–water partition coefficient (Wildman–Crippen LogP) is 5.02. The Morgan fingerprint density at radius 3 is 2.74 bits per heavy atom. The lowest BCUT2D eigenvalue weighted by molar-refractivity contribution is -0.384. The molecule has 1 aliphatic heterocycles. The fourth-order valence-electron chi connectivity index (χ4n) is 3.31. The van der Waals surface area contributed by atoms with E-state index >= 15 is 0 Å². The molecule has 0 aromatic heterocycles. The van der Waals surface area contributed by atoms with Crippen molar-refractivity contribution in [3.05, 3.63) is 62.9 Å². The number of amides is 1. The second-order valence-electron chi connectivity index (χ2n) is 6.55. The lowest BCUT2D eigenvalue weighted by Gasteiger charge is -2.35. The van der Waals surface area contributed by atoms with Gasteiger partial charge in [-0.05, 0) is 44.4 Å². The highest BCUT2D eigenvalue weighted by Crippen LogP contribution is 2.39. The van der Waals surface area contributed by atoms with Gasteiger partial charge in [-0.25, -0.2) is 4.39 Å². The van der Waals surface area contributed by atoms with Gasteiger partial charge in [0.1, 0.15) is 11.5 Å². The Kier molecular flexibility index (Phi) is 5.60. The number of nitrogens with zero attached hydrogens (tertiary/aromatic N) is 2. The summed E-state index contributed by atoms with van der Waals surface area (Å²) < 4.78 is 13.8. The Hall–Kier alpha value is -2.67. The van der Waals surface area contributed by atoms with Crippen LogP contribution in [-0.2, 0) is 0 Å². The van der Waals surface area contributed by atoms with Crippen molar-refractivity contribution < 1.29 is 14.1 Å². The van der Waals surface area contributed by atoms with Crippen molar-refractivity contribution in [2.24, 2.45) is 0 Å². The van der Waals surface area contributed by atoms with Gasteiger partial charge in [-0.2, -0.15) is 0 Å². The normalized spacial score (nSPS) is 16.9. The van der Waals surface area contributed by atoms with Crippen LogP contribution in [-0.4, -0.2) is 23.4 Å². The van der Waals surface area contributed by atoms with Gasteiger partial charge < -0.3 is 10.2 Å². The van der Waals surface area contributed by atoms with Crippen LogP contribution in [0.2, 0.25) is 5.02 Å². The van der Waals surface area contributed by atoms with Crippen molar-refractivity contribution in [3.63, 3.8) is 0 Å². The summed E-state index contributed by atoms with van der Waals surface area (Å²) in [6.07, 6.45) is 2.92. The molecule has 1 N–H and O–H groups in total. The first kappa shape index (κ1) is 19.1. The Labute approximate surface area is 161 Å². The molecule has 27 heavy (non-hydrogen) atoms. The molecule has 1 saturated heterocycles. The molecule has 8 heteroatoms. The standard InChI is InChI=1S/C19H19ClFN3O3/c1-12-6-4-5-9-23(12)17-11-16(14(20)10-18(17)24(26)27)22-19(25)13-7-2-3-8-15(13)21/h2-3,7-8,10-12H,4-6,9H2,1H3,(H,22,25). The lowest BCUT2D eigenvalue weighted by Crippen LogP contribution is -2.37. The van der Waals surface area contributed by atoms with Gasteiger partial charge in [-0.1, -0.05) is 23.7 Å². The van der Waals surface area contributed by atoms with Gasteiger partial charge in [0.25, 0.3) is 11.6 Å². The SMILES string of the molecule is CC1CCCCN1c1cc(NC(=O)c2ccccc2F)c(Cl)cc1[N+](=O)[O-]. The summed E-state index contributed by atoms with van der Waals surface area (Å²) >= 11 is 6.16. The average molecular weight is 392 g/mol. The Bertz CT molecular complexity index is 890. The third-order valence-electron chi connectivity index (χ3n) is 4.74. The number of piperidine rings is 1. The van der Waals surface area contributed by atoms with Gasteiger partial charge in [0.15, 0.2) is 0 Å². The molecule has 142 valence electrons. The van der Waals surface area contributed by atoms with Crippen LogP contribution in [0.5, 0.6) is 0 Å². The monoisotopic (exact) mass is 391 g/mol. The topological polar surface area (TPSA) is 75.5 Å². The Morgan fingerprint density at radius 2 is 2.07 bits per heavy atom. The molecular formula is C19H19ClFN3O3. The second kappa shape index (κ2) is 7.92. The van der Waals surface area contributed by atoms with Crippen molar-refractivity contribution in [2.45, 2.75) is 32.2 Å². The predicted molar refractivity (Wildman–Crippen MR) is 103 cm³/mol.